The highest BCUT2D eigenvalue weighted by Gasteiger charge is 2.35. The Kier molecular flexibility index (Phi) is 25.2. The summed E-state index contributed by atoms with van der Waals surface area (Å²) < 4.78 is 113. The molecule has 2 aromatic heterocycles. The molecule has 1 amide bonds. The molecule has 85 heavy (non-hydrogen) atoms. The van der Waals surface area contributed by atoms with Gasteiger partial charge in [0.25, 0.3) is 0 Å². The third-order valence-electron chi connectivity index (χ3n) is 12.4. The Hall–Kier alpha value is -6.87. The van der Waals surface area contributed by atoms with Crippen molar-refractivity contribution in [3.8, 4) is 23.0 Å². The summed E-state index contributed by atoms with van der Waals surface area (Å²) in [6.45, 7) is 14.8. The number of hydrogen-bond donors (Lipinski definition) is 3. The SMILES string of the molecule is CC(C)(C)OC(=O)N(CCOCCOCCOCCOCCOCCNC[C@@H](O)COc1ccc(OCc2ccc(F)cc2)c(OCc2ccc(F)cc2)c1)CCOc1cc2ncnc(Nc3ccc4scnc4c3)c2cc1S(=O)(=O)C(C)(C)C. The predicted octanol–water partition coefficient (Wildman–Crippen LogP) is 9.72. The molecule has 24 heteroatoms. The number of hydrogen-bond acceptors (Lipinski definition) is 20. The fourth-order valence-electron chi connectivity index (χ4n) is 7.89. The Balaban J connectivity index is 0.728. The molecule has 7 aromatic rings. The molecule has 0 fully saturated rings. The lowest BCUT2D eigenvalue weighted by molar-refractivity contribution is -0.0140. The van der Waals surface area contributed by atoms with Gasteiger partial charge < -0.3 is 68.0 Å². The van der Waals surface area contributed by atoms with E-state index in [1.165, 1.54) is 52.9 Å². The maximum Gasteiger partial charge on any atom is 0.410 e. The van der Waals surface area contributed by atoms with Crippen LogP contribution in [-0.4, -0.2) is 161 Å². The van der Waals surface area contributed by atoms with E-state index < -0.39 is 32.4 Å². The Labute approximate surface area is 498 Å². The highest BCUT2D eigenvalue weighted by atomic mass is 32.2. The summed E-state index contributed by atoms with van der Waals surface area (Å²) in [5, 5.41) is 17.5. The van der Waals surface area contributed by atoms with Gasteiger partial charge in [-0.05, 0) is 113 Å². The van der Waals surface area contributed by atoms with Gasteiger partial charge in [-0.1, -0.05) is 24.3 Å². The molecule has 0 unspecified atom stereocenters. The number of aliphatic hydroxyl groups is 1. The van der Waals surface area contributed by atoms with Crippen molar-refractivity contribution in [1.82, 2.24) is 25.2 Å². The van der Waals surface area contributed by atoms with Crippen molar-refractivity contribution in [1.29, 1.82) is 0 Å². The molecule has 0 saturated carbocycles. The second-order valence-corrected chi connectivity index (χ2v) is 24.9. The lowest BCUT2D eigenvalue weighted by Gasteiger charge is -2.28. The number of rotatable bonds is 36. The lowest BCUT2D eigenvalue weighted by Crippen LogP contribution is -2.41. The van der Waals surface area contributed by atoms with Crippen LogP contribution < -0.4 is 29.6 Å². The van der Waals surface area contributed by atoms with E-state index in [1.807, 2.05) is 18.2 Å². The van der Waals surface area contributed by atoms with Crippen LogP contribution in [0.25, 0.3) is 21.1 Å². The largest absolute Gasteiger partial charge is 0.491 e. The predicted molar refractivity (Wildman–Crippen MR) is 319 cm³/mol. The number of aliphatic hydroxyl groups excluding tert-OH is 1. The van der Waals surface area contributed by atoms with Gasteiger partial charge in [-0.15, -0.1) is 11.3 Å². The third-order valence-corrected chi connectivity index (χ3v) is 15.8. The Morgan fingerprint density at radius 3 is 1.86 bits per heavy atom. The number of halogens is 2. The lowest BCUT2D eigenvalue weighted by atomic mass is 10.2. The van der Waals surface area contributed by atoms with Gasteiger partial charge in [-0.2, -0.15) is 0 Å². The number of nitrogens with zero attached hydrogens (tertiary/aromatic N) is 4. The van der Waals surface area contributed by atoms with Gasteiger partial charge in [0.05, 0.1) is 98.6 Å². The maximum atomic E-state index is 14.1. The monoisotopic (exact) mass is 1220 g/mol. The highest BCUT2D eigenvalue weighted by Crippen LogP contribution is 2.38. The second kappa shape index (κ2) is 32.6. The van der Waals surface area contributed by atoms with E-state index >= 15 is 0 Å². The zero-order valence-electron chi connectivity index (χ0n) is 48.8. The number of anilines is 2. The molecule has 3 N–H and O–H groups in total. The molecule has 0 aliphatic heterocycles. The number of ether oxygens (including phenoxy) is 10. The quantitative estimate of drug-likeness (QED) is 0.0310. The fraction of sp³-hybridized carbons (Fsp3) is 0.443. The van der Waals surface area contributed by atoms with Crippen LogP contribution in [0.4, 0.5) is 25.1 Å². The summed E-state index contributed by atoms with van der Waals surface area (Å²) in [5.74, 6) is 1.08. The van der Waals surface area contributed by atoms with Crippen molar-refractivity contribution < 1.29 is 74.5 Å². The van der Waals surface area contributed by atoms with Gasteiger partial charge in [-0.25, -0.2) is 36.9 Å². The van der Waals surface area contributed by atoms with Crippen LogP contribution in [0, 0.1) is 11.6 Å². The highest BCUT2D eigenvalue weighted by molar-refractivity contribution is 7.92. The normalized spacial score (nSPS) is 12.3. The van der Waals surface area contributed by atoms with Gasteiger partial charge in [0.15, 0.2) is 21.3 Å². The van der Waals surface area contributed by atoms with E-state index in [2.05, 4.69) is 25.6 Å². The first kappa shape index (κ1) is 65.7. The Bertz CT molecular complexity index is 3290. The zero-order valence-corrected chi connectivity index (χ0v) is 50.4. The summed E-state index contributed by atoms with van der Waals surface area (Å²) >= 11 is 1.53. The number of nitrogens with one attached hydrogen (secondary N) is 2. The van der Waals surface area contributed by atoms with Crippen LogP contribution in [0.1, 0.15) is 52.7 Å². The van der Waals surface area contributed by atoms with Crippen LogP contribution in [0.5, 0.6) is 23.0 Å². The van der Waals surface area contributed by atoms with Gasteiger partial charge >= 0.3 is 6.09 Å². The van der Waals surface area contributed by atoms with Crippen LogP contribution in [0.2, 0.25) is 0 Å². The Morgan fingerprint density at radius 1 is 0.635 bits per heavy atom. The van der Waals surface area contributed by atoms with Crippen LogP contribution in [0.15, 0.2) is 114 Å². The first-order valence-electron chi connectivity index (χ1n) is 27.8. The van der Waals surface area contributed by atoms with Crippen LogP contribution in [-0.2, 0) is 51.5 Å². The van der Waals surface area contributed by atoms with Crippen molar-refractivity contribution >= 4 is 59.9 Å². The average Bonchev–Trinajstić information content (AvgIpc) is 1.68. The molecule has 0 bridgehead atoms. The first-order valence-corrected chi connectivity index (χ1v) is 30.2. The van der Waals surface area contributed by atoms with E-state index in [0.29, 0.717) is 93.4 Å². The third kappa shape index (κ3) is 21.6. The van der Waals surface area contributed by atoms with E-state index in [9.17, 15) is 27.1 Å². The molecule has 0 aliphatic carbocycles. The molecule has 1 atom stereocenters. The van der Waals surface area contributed by atoms with E-state index in [1.54, 1.807) is 95.6 Å². The molecule has 20 nitrogen and oxygen atoms in total. The van der Waals surface area contributed by atoms with E-state index in [4.69, 9.17) is 47.4 Å². The number of aromatic nitrogens is 3. The second-order valence-electron chi connectivity index (χ2n) is 21.3. The summed E-state index contributed by atoms with van der Waals surface area (Å²) in [4.78, 5) is 28.0. The number of fused-ring (bicyclic) bond motifs is 2. The fourth-order valence-corrected chi connectivity index (χ4v) is 9.86. The molecule has 5 aromatic carbocycles. The zero-order chi connectivity index (χ0) is 60.7. The smallest absolute Gasteiger partial charge is 0.410 e. The standard InChI is InChI=1S/C61H76F2N6O14S2/c1-60(2,3)83-59(71)69(21-24-79-55-36-51-50(35-57(55)85(72,73)61(4,5)6)58(66-41-65-51)68-47-15-18-56-52(33-47)67-42-84-56)20-23-75-26-28-77-30-32-78-31-29-76-27-25-74-22-19-64-37-48(70)40-80-49-16-17-53(81-38-43-7-11-45(62)12-8-43)54(34-49)82-39-44-9-13-46(63)14-10-44/h7-18,33-36,41-42,48,64,70H,19-32,37-40H2,1-6H3,(H,65,66,68)/t48-/m1/s1. The topological polar surface area (TPSA) is 230 Å². The summed E-state index contributed by atoms with van der Waals surface area (Å²) in [7, 11) is -3.95. The molecule has 460 valence electrons. The molecule has 0 saturated heterocycles. The van der Waals surface area contributed by atoms with Crippen molar-refractivity contribution in [2.24, 2.45) is 0 Å². The number of thiazole rings is 1. The summed E-state index contributed by atoms with van der Waals surface area (Å²) in [5.41, 5.74) is 4.53. The van der Waals surface area contributed by atoms with Crippen molar-refractivity contribution in [3.63, 3.8) is 0 Å². The van der Waals surface area contributed by atoms with Crippen molar-refractivity contribution in [3.05, 3.63) is 132 Å². The van der Waals surface area contributed by atoms with E-state index in [0.717, 1.165) is 27.0 Å². The molecule has 7 rings (SSSR count). The minimum Gasteiger partial charge on any atom is -0.491 e. The molecule has 2 heterocycles. The maximum absolute atomic E-state index is 14.1. The minimum absolute atomic E-state index is 0.00898. The van der Waals surface area contributed by atoms with E-state index in [-0.39, 0.29) is 81.6 Å². The molecular weight excluding hydrogens is 1140 g/mol. The minimum atomic E-state index is -3.95. The van der Waals surface area contributed by atoms with Crippen LogP contribution in [0.3, 0.4) is 0 Å². The number of sulfone groups is 1. The first-order chi connectivity index (χ1) is 40.8. The van der Waals surface area contributed by atoms with Gasteiger partial charge in [0.2, 0.25) is 0 Å². The number of benzene rings is 5. The summed E-state index contributed by atoms with van der Waals surface area (Å²) in [6.07, 6.45) is 0.00358. The van der Waals surface area contributed by atoms with Crippen molar-refractivity contribution in [2.45, 2.75) is 76.1 Å². The number of carbonyl (C=O) groups is 1. The molecular formula is C61H76F2N6O14S2. The van der Waals surface area contributed by atoms with Crippen molar-refractivity contribution in [2.75, 3.05) is 111 Å². The van der Waals surface area contributed by atoms with Crippen LogP contribution >= 0.6 is 11.3 Å². The Morgan fingerprint density at radius 2 is 1.24 bits per heavy atom. The molecule has 0 aliphatic rings. The van der Waals surface area contributed by atoms with Gasteiger partial charge in [-0.3, -0.25) is 0 Å². The summed E-state index contributed by atoms with van der Waals surface area (Å²) in [6, 6.07) is 25.9. The van der Waals surface area contributed by atoms with Gasteiger partial charge in [0.1, 0.15) is 78.3 Å². The molecule has 0 spiro atoms. The number of amides is 1. The van der Waals surface area contributed by atoms with Gasteiger partial charge in [0, 0.05) is 42.8 Å². The number of carbonyl (C=O) groups excluding carboxylic acids is 1. The average molecular weight is 1220 g/mol. The molecule has 0 radical (unpaired) electrons.